The standard InChI is InChI=1S/C17H18BrN5OS2/c18-12-5-4-6-13(9-12)20-15-22-23-16(26-15)25-10-14(24)21-17(11-19)7-2-1-3-8-17/h4-6,9H,1-3,7-8,10H2,(H,20,22)(H,21,24). The van der Waals surface area contributed by atoms with Crippen LogP contribution < -0.4 is 10.6 Å². The van der Waals surface area contributed by atoms with Gasteiger partial charge in [0, 0.05) is 10.2 Å². The molecule has 9 heteroatoms. The van der Waals surface area contributed by atoms with E-state index in [1.54, 1.807) is 0 Å². The third-order valence-electron chi connectivity index (χ3n) is 4.11. The van der Waals surface area contributed by atoms with E-state index in [1.165, 1.54) is 23.1 Å². The molecule has 1 amide bonds. The van der Waals surface area contributed by atoms with Crippen LogP contribution in [0.2, 0.25) is 0 Å². The van der Waals surface area contributed by atoms with Crippen molar-refractivity contribution in [1.82, 2.24) is 15.5 Å². The van der Waals surface area contributed by atoms with Gasteiger partial charge in [0.2, 0.25) is 11.0 Å². The molecule has 0 unspecified atom stereocenters. The minimum Gasteiger partial charge on any atom is -0.337 e. The normalized spacial score (nSPS) is 15.8. The molecule has 0 radical (unpaired) electrons. The lowest BCUT2D eigenvalue weighted by Gasteiger charge is -2.31. The highest BCUT2D eigenvalue weighted by Crippen LogP contribution is 2.30. The highest BCUT2D eigenvalue weighted by atomic mass is 79.9. The predicted octanol–water partition coefficient (Wildman–Crippen LogP) is 4.48. The van der Waals surface area contributed by atoms with Crippen molar-refractivity contribution in [3.63, 3.8) is 0 Å². The Bertz CT molecular complexity index is 813. The Hall–Kier alpha value is -1.63. The van der Waals surface area contributed by atoms with Crippen LogP contribution in [0.15, 0.2) is 33.1 Å². The van der Waals surface area contributed by atoms with Gasteiger partial charge < -0.3 is 10.6 Å². The molecule has 0 spiro atoms. The highest BCUT2D eigenvalue weighted by molar-refractivity contribution is 9.10. The molecule has 2 aromatic rings. The molecule has 0 saturated heterocycles. The van der Waals surface area contributed by atoms with Gasteiger partial charge in [-0.05, 0) is 31.0 Å². The summed E-state index contributed by atoms with van der Waals surface area (Å²) in [4.78, 5) is 12.2. The van der Waals surface area contributed by atoms with Crippen molar-refractivity contribution in [1.29, 1.82) is 5.26 Å². The average Bonchev–Trinajstić information content (AvgIpc) is 3.08. The van der Waals surface area contributed by atoms with Gasteiger partial charge in [-0.2, -0.15) is 5.26 Å². The van der Waals surface area contributed by atoms with Crippen LogP contribution in [-0.2, 0) is 4.79 Å². The Kier molecular flexibility index (Phi) is 6.51. The van der Waals surface area contributed by atoms with E-state index in [0.29, 0.717) is 9.47 Å². The van der Waals surface area contributed by atoms with Crippen LogP contribution in [0.1, 0.15) is 32.1 Å². The quantitative estimate of drug-likeness (QED) is 0.629. The third kappa shape index (κ3) is 5.19. The zero-order valence-corrected chi connectivity index (χ0v) is 17.2. The Balaban J connectivity index is 1.51. The number of nitrogens with zero attached hydrogens (tertiary/aromatic N) is 3. The molecule has 3 rings (SSSR count). The van der Waals surface area contributed by atoms with Gasteiger partial charge in [-0.25, -0.2) is 0 Å². The largest absolute Gasteiger partial charge is 0.337 e. The van der Waals surface area contributed by atoms with E-state index in [9.17, 15) is 10.1 Å². The molecule has 1 aromatic carbocycles. The molecule has 1 aromatic heterocycles. The maximum absolute atomic E-state index is 12.2. The van der Waals surface area contributed by atoms with Gasteiger partial charge in [-0.1, -0.05) is 64.4 Å². The molecular weight excluding hydrogens is 434 g/mol. The number of nitrogens with one attached hydrogen (secondary N) is 2. The zero-order valence-electron chi connectivity index (χ0n) is 14.0. The van der Waals surface area contributed by atoms with E-state index in [2.05, 4.69) is 42.8 Å². The number of aromatic nitrogens is 2. The average molecular weight is 452 g/mol. The zero-order chi connectivity index (χ0) is 18.4. The number of amides is 1. The minimum atomic E-state index is -0.690. The fourth-order valence-corrected chi connectivity index (χ4v) is 4.83. The molecule has 0 aliphatic heterocycles. The molecule has 0 bridgehead atoms. The molecule has 26 heavy (non-hydrogen) atoms. The molecule has 1 saturated carbocycles. The lowest BCUT2D eigenvalue weighted by atomic mass is 9.83. The topological polar surface area (TPSA) is 90.7 Å². The van der Waals surface area contributed by atoms with Crippen molar-refractivity contribution in [3.8, 4) is 6.07 Å². The number of hydrogen-bond donors (Lipinski definition) is 2. The Morgan fingerprint density at radius 2 is 2.15 bits per heavy atom. The maximum Gasteiger partial charge on any atom is 0.231 e. The number of halogens is 1. The molecule has 1 aliphatic rings. The van der Waals surface area contributed by atoms with Crippen molar-refractivity contribution >= 4 is 55.8 Å². The molecule has 1 aliphatic carbocycles. The molecule has 6 nitrogen and oxygen atoms in total. The van der Waals surface area contributed by atoms with Crippen molar-refractivity contribution < 1.29 is 4.79 Å². The van der Waals surface area contributed by atoms with Gasteiger partial charge in [-0.3, -0.25) is 4.79 Å². The Labute approximate surface area is 168 Å². The van der Waals surface area contributed by atoms with Crippen LogP contribution in [-0.4, -0.2) is 27.4 Å². The Morgan fingerprint density at radius 1 is 1.35 bits per heavy atom. The number of carbonyl (C=O) groups excluding carboxylic acids is 1. The fraction of sp³-hybridized carbons (Fsp3) is 0.412. The van der Waals surface area contributed by atoms with Crippen LogP contribution in [0, 0.1) is 11.3 Å². The first-order chi connectivity index (χ1) is 12.6. The first kappa shape index (κ1) is 19.1. The molecular formula is C17H18BrN5OS2. The smallest absolute Gasteiger partial charge is 0.231 e. The lowest BCUT2D eigenvalue weighted by Crippen LogP contribution is -2.49. The number of thioether (sulfide) groups is 1. The summed E-state index contributed by atoms with van der Waals surface area (Å²) < 4.78 is 1.69. The van der Waals surface area contributed by atoms with E-state index in [4.69, 9.17) is 0 Å². The molecule has 0 atom stereocenters. The SMILES string of the molecule is N#CC1(NC(=O)CSc2nnc(Nc3cccc(Br)c3)s2)CCCCC1. The van der Waals surface area contributed by atoms with Crippen molar-refractivity contribution in [2.24, 2.45) is 0 Å². The van der Waals surface area contributed by atoms with Crippen molar-refractivity contribution in [2.45, 2.75) is 42.0 Å². The minimum absolute atomic E-state index is 0.129. The summed E-state index contributed by atoms with van der Waals surface area (Å²) >= 11 is 6.16. The summed E-state index contributed by atoms with van der Waals surface area (Å²) in [7, 11) is 0. The highest BCUT2D eigenvalue weighted by Gasteiger charge is 2.33. The van der Waals surface area contributed by atoms with Gasteiger partial charge in [0.15, 0.2) is 4.34 Å². The number of anilines is 2. The number of hydrogen-bond acceptors (Lipinski definition) is 7. The summed E-state index contributed by atoms with van der Waals surface area (Å²) in [6.07, 6.45) is 4.58. The number of benzene rings is 1. The van der Waals surface area contributed by atoms with Crippen LogP contribution in [0.25, 0.3) is 0 Å². The number of nitriles is 1. The van der Waals surface area contributed by atoms with Crippen LogP contribution in [0.5, 0.6) is 0 Å². The van der Waals surface area contributed by atoms with Gasteiger partial charge in [-0.15, -0.1) is 10.2 Å². The van der Waals surface area contributed by atoms with Crippen LogP contribution >= 0.6 is 39.0 Å². The lowest BCUT2D eigenvalue weighted by molar-refractivity contribution is -0.120. The second-order valence-corrected chi connectivity index (χ2v) is 9.22. The molecule has 1 heterocycles. The number of carbonyl (C=O) groups is 1. The fourth-order valence-electron chi connectivity index (χ4n) is 2.86. The third-order valence-corrected chi connectivity index (χ3v) is 6.57. The van der Waals surface area contributed by atoms with Gasteiger partial charge in [0.05, 0.1) is 11.8 Å². The predicted molar refractivity (Wildman–Crippen MR) is 108 cm³/mol. The first-order valence-corrected chi connectivity index (χ1v) is 10.9. The van der Waals surface area contributed by atoms with Gasteiger partial charge in [0.1, 0.15) is 5.54 Å². The molecule has 136 valence electrons. The summed E-state index contributed by atoms with van der Waals surface area (Å²) in [6.45, 7) is 0. The molecule has 1 fully saturated rings. The first-order valence-electron chi connectivity index (χ1n) is 8.30. The van der Waals surface area contributed by atoms with E-state index in [1.807, 2.05) is 24.3 Å². The summed E-state index contributed by atoms with van der Waals surface area (Å²) in [5.74, 6) is 0.102. The van der Waals surface area contributed by atoms with Crippen LogP contribution in [0.4, 0.5) is 10.8 Å². The van der Waals surface area contributed by atoms with E-state index in [-0.39, 0.29) is 11.7 Å². The summed E-state index contributed by atoms with van der Waals surface area (Å²) in [5.41, 5.74) is 0.225. The van der Waals surface area contributed by atoms with Gasteiger partial charge in [0.25, 0.3) is 0 Å². The van der Waals surface area contributed by atoms with Crippen LogP contribution in [0.3, 0.4) is 0 Å². The van der Waals surface area contributed by atoms with E-state index < -0.39 is 5.54 Å². The van der Waals surface area contributed by atoms with Crippen molar-refractivity contribution in [3.05, 3.63) is 28.7 Å². The number of rotatable bonds is 6. The monoisotopic (exact) mass is 451 g/mol. The molecule has 2 N–H and O–H groups in total. The Morgan fingerprint density at radius 3 is 2.88 bits per heavy atom. The van der Waals surface area contributed by atoms with Gasteiger partial charge >= 0.3 is 0 Å². The van der Waals surface area contributed by atoms with E-state index in [0.717, 1.165) is 42.3 Å². The maximum atomic E-state index is 12.2. The second-order valence-electron chi connectivity index (χ2n) is 6.10. The van der Waals surface area contributed by atoms with E-state index >= 15 is 0 Å². The second kappa shape index (κ2) is 8.84. The summed E-state index contributed by atoms with van der Waals surface area (Å²) in [6, 6.07) is 10.1. The summed E-state index contributed by atoms with van der Waals surface area (Å²) in [5, 5.41) is 24.4. The van der Waals surface area contributed by atoms with Crippen molar-refractivity contribution in [2.75, 3.05) is 11.1 Å².